The Balaban J connectivity index is 1.85. The van der Waals surface area contributed by atoms with Crippen molar-refractivity contribution in [1.29, 1.82) is 0 Å². The largest absolute Gasteiger partial charge is 0.503 e. The van der Waals surface area contributed by atoms with Crippen LogP contribution in [-0.4, -0.2) is 74.7 Å². The summed E-state index contributed by atoms with van der Waals surface area (Å²) in [5.41, 5.74) is 5.24. The molecule has 0 bridgehead atoms. The Morgan fingerprint density at radius 3 is 2.06 bits per heavy atom. The first-order chi connectivity index (χ1) is 14.8. The Kier molecular flexibility index (Phi) is 9.76. The van der Waals surface area contributed by atoms with Crippen molar-refractivity contribution >= 4 is 11.5 Å². The summed E-state index contributed by atoms with van der Waals surface area (Å²) in [6.45, 7) is 4.86. The lowest BCUT2D eigenvalue weighted by molar-refractivity contribution is -0.137. The molecule has 7 nitrogen and oxygen atoms in total. The van der Waals surface area contributed by atoms with Gasteiger partial charge in [0.2, 0.25) is 0 Å². The number of nitrogens with zero attached hydrogens (tertiary/aromatic N) is 1. The fraction of sp³-hybridized carbons (Fsp3) is 0.571. The molecule has 0 spiro atoms. The highest BCUT2D eigenvalue weighted by molar-refractivity contribution is 6.05. The molecule has 2 rings (SSSR count). The minimum Gasteiger partial charge on any atom is -0.503 e. The predicted molar refractivity (Wildman–Crippen MR) is 108 cm³/mol. The first kappa shape index (κ1) is 25.1. The summed E-state index contributed by atoms with van der Waals surface area (Å²) in [5.74, 6) is -0.994. The number of benzene rings is 1. The van der Waals surface area contributed by atoms with Crippen molar-refractivity contribution in [1.82, 2.24) is 4.90 Å². The van der Waals surface area contributed by atoms with E-state index >= 15 is 0 Å². The first-order valence-corrected chi connectivity index (χ1v) is 10.2. The van der Waals surface area contributed by atoms with Gasteiger partial charge in [0.25, 0.3) is 5.91 Å². The number of carbonyl (C=O) groups is 1. The third-order valence-corrected chi connectivity index (χ3v) is 4.82. The average molecular weight is 446 g/mol. The van der Waals surface area contributed by atoms with E-state index in [1.807, 2.05) is 6.92 Å². The number of aliphatic hydroxyl groups is 1. The van der Waals surface area contributed by atoms with Gasteiger partial charge in [0, 0.05) is 18.7 Å². The lowest BCUT2D eigenvalue weighted by Crippen LogP contribution is -2.38. The zero-order valence-electron chi connectivity index (χ0n) is 17.5. The topological polar surface area (TPSA) is 94.2 Å². The number of halogens is 3. The first-order valence-electron chi connectivity index (χ1n) is 10.2. The number of ether oxygens (including phenoxy) is 3. The van der Waals surface area contributed by atoms with Crippen LogP contribution in [0.5, 0.6) is 0 Å². The third-order valence-electron chi connectivity index (χ3n) is 4.82. The van der Waals surface area contributed by atoms with Gasteiger partial charge < -0.3 is 30.0 Å². The molecule has 1 amide bonds. The number of alkyl halides is 3. The molecule has 0 aromatic heterocycles. The molecule has 0 radical (unpaired) electrons. The molecule has 0 saturated heterocycles. The van der Waals surface area contributed by atoms with E-state index in [4.69, 9.17) is 19.9 Å². The van der Waals surface area contributed by atoms with Gasteiger partial charge >= 0.3 is 6.18 Å². The molecule has 0 fully saturated rings. The molecule has 1 atom stereocenters. The van der Waals surface area contributed by atoms with Crippen molar-refractivity contribution in [3.05, 3.63) is 41.2 Å². The van der Waals surface area contributed by atoms with E-state index in [1.54, 1.807) is 0 Å². The number of rotatable bonds is 13. The Morgan fingerprint density at radius 2 is 1.55 bits per heavy atom. The highest BCUT2D eigenvalue weighted by atomic mass is 19.4. The van der Waals surface area contributed by atoms with Crippen LogP contribution in [-0.2, 0) is 25.2 Å². The van der Waals surface area contributed by atoms with Crippen molar-refractivity contribution in [3.8, 4) is 0 Å². The van der Waals surface area contributed by atoms with Crippen molar-refractivity contribution in [2.45, 2.75) is 25.6 Å². The quantitative estimate of drug-likeness (QED) is 0.453. The summed E-state index contributed by atoms with van der Waals surface area (Å²) >= 11 is 0. The molecule has 174 valence electrons. The lowest BCUT2D eigenvalue weighted by atomic mass is 9.96. The SMILES string of the molecule is CCC1C(c2ccc(C(F)(F)F)cc2)=C(O)C(=O)N1CCOCCOCCOCCN. The monoisotopic (exact) mass is 446 g/mol. The summed E-state index contributed by atoms with van der Waals surface area (Å²) in [7, 11) is 0. The molecule has 1 aliphatic rings. The maximum Gasteiger partial charge on any atom is 0.416 e. The molecule has 3 N–H and O–H groups in total. The summed E-state index contributed by atoms with van der Waals surface area (Å²) in [6.07, 6.45) is -3.95. The van der Waals surface area contributed by atoms with Gasteiger partial charge in [-0.1, -0.05) is 19.1 Å². The highest BCUT2D eigenvalue weighted by Gasteiger charge is 2.39. The highest BCUT2D eigenvalue weighted by Crippen LogP contribution is 2.36. The van der Waals surface area contributed by atoms with E-state index < -0.39 is 29.4 Å². The van der Waals surface area contributed by atoms with Gasteiger partial charge in [0.15, 0.2) is 5.76 Å². The van der Waals surface area contributed by atoms with E-state index in [2.05, 4.69) is 0 Å². The van der Waals surface area contributed by atoms with Crippen LogP contribution in [0.25, 0.3) is 5.57 Å². The number of aliphatic hydroxyl groups excluding tert-OH is 1. The lowest BCUT2D eigenvalue weighted by Gasteiger charge is -2.26. The van der Waals surface area contributed by atoms with Gasteiger partial charge in [0.1, 0.15) is 0 Å². The van der Waals surface area contributed by atoms with Crippen molar-refractivity contribution in [2.75, 3.05) is 52.7 Å². The normalized spacial score (nSPS) is 17.1. The maximum absolute atomic E-state index is 12.8. The molecular formula is C21H29F3N2O5. The summed E-state index contributed by atoms with van der Waals surface area (Å²) in [6, 6.07) is 4.00. The molecule has 1 heterocycles. The van der Waals surface area contributed by atoms with Gasteiger partial charge in [-0.05, 0) is 24.1 Å². The molecular weight excluding hydrogens is 417 g/mol. The molecule has 1 aromatic rings. The minimum absolute atomic E-state index is 0.239. The molecule has 0 saturated carbocycles. The average Bonchev–Trinajstić information content (AvgIpc) is 2.98. The summed E-state index contributed by atoms with van der Waals surface area (Å²) < 4.78 is 54.4. The molecule has 31 heavy (non-hydrogen) atoms. The second-order valence-corrected chi connectivity index (χ2v) is 6.89. The maximum atomic E-state index is 12.8. The van der Waals surface area contributed by atoms with Crippen LogP contribution in [0.4, 0.5) is 13.2 Å². The van der Waals surface area contributed by atoms with E-state index in [1.165, 1.54) is 17.0 Å². The Hall–Kier alpha value is -2.14. The fourth-order valence-corrected chi connectivity index (χ4v) is 3.34. The molecule has 10 heteroatoms. The van der Waals surface area contributed by atoms with E-state index in [0.29, 0.717) is 57.1 Å². The smallest absolute Gasteiger partial charge is 0.416 e. The standard InChI is InChI=1S/C21H29F3N2O5/c1-2-17-18(15-3-5-16(6-4-15)21(22,23)24)19(27)20(28)26(17)8-10-30-12-14-31-13-11-29-9-7-25/h3-6,17,27H,2,7-14,25H2,1H3. The van der Waals surface area contributed by atoms with Crippen LogP contribution in [0.1, 0.15) is 24.5 Å². The van der Waals surface area contributed by atoms with Crippen LogP contribution >= 0.6 is 0 Å². The Labute approximate surface area is 179 Å². The van der Waals surface area contributed by atoms with Gasteiger partial charge in [-0.15, -0.1) is 0 Å². The van der Waals surface area contributed by atoms with Gasteiger partial charge in [-0.25, -0.2) is 0 Å². The minimum atomic E-state index is -4.45. The second kappa shape index (κ2) is 12.0. The van der Waals surface area contributed by atoms with Crippen LogP contribution in [0.3, 0.4) is 0 Å². The van der Waals surface area contributed by atoms with Crippen LogP contribution in [0.15, 0.2) is 30.0 Å². The second-order valence-electron chi connectivity index (χ2n) is 6.89. The third kappa shape index (κ3) is 6.93. The summed E-state index contributed by atoms with van der Waals surface area (Å²) in [5, 5.41) is 10.4. The van der Waals surface area contributed by atoms with Crippen LogP contribution < -0.4 is 5.73 Å². The van der Waals surface area contributed by atoms with Crippen molar-refractivity contribution in [3.63, 3.8) is 0 Å². The van der Waals surface area contributed by atoms with Gasteiger partial charge in [-0.2, -0.15) is 13.2 Å². The predicted octanol–water partition coefficient (Wildman–Crippen LogP) is 2.60. The van der Waals surface area contributed by atoms with E-state index in [9.17, 15) is 23.1 Å². The fourth-order valence-electron chi connectivity index (χ4n) is 3.34. The molecule has 1 aliphatic heterocycles. The van der Waals surface area contributed by atoms with Gasteiger partial charge in [0.05, 0.1) is 51.2 Å². The molecule has 1 unspecified atom stereocenters. The summed E-state index contributed by atoms with van der Waals surface area (Å²) in [4.78, 5) is 14.0. The number of hydrogen-bond donors (Lipinski definition) is 2. The number of hydrogen-bond acceptors (Lipinski definition) is 6. The van der Waals surface area contributed by atoms with E-state index in [-0.39, 0.29) is 13.2 Å². The van der Waals surface area contributed by atoms with Crippen molar-refractivity contribution < 1.29 is 37.3 Å². The number of amides is 1. The Bertz CT molecular complexity index is 738. The number of nitrogens with two attached hydrogens (primary N) is 1. The Morgan fingerprint density at radius 1 is 1.00 bits per heavy atom. The van der Waals surface area contributed by atoms with Crippen LogP contribution in [0, 0.1) is 0 Å². The van der Waals surface area contributed by atoms with Crippen molar-refractivity contribution in [2.24, 2.45) is 5.73 Å². The zero-order chi connectivity index (χ0) is 22.9. The van der Waals surface area contributed by atoms with Gasteiger partial charge in [-0.3, -0.25) is 4.79 Å². The zero-order valence-corrected chi connectivity index (χ0v) is 17.5. The number of carbonyl (C=O) groups excluding carboxylic acids is 1. The molecule has 1 aromatic carbocycles. The van der Waals surface area contributed by atoms with Crippen LogP contribution in [0.2, 0.25) is 0 Å². The van der Waals surface area contributed by atoms with E-state index in [0.717, 1.165) is 12.1 Å². The molecule has 0 aliphatic carbocycles.